The van der Waals surface area contributed by atoms with E-state index in [1.54, 1.807) is 0 Å². The van der Waals surface area contributed by atoms with E-state index in [0.717, 1.165) is 13.0 Å². The van der Waals surface area contributed by atoms with Crippen molar-refractivity contribution in [3.05, 3.63) is 0 Å². The van der Waals surface area contributed by atoms with Gasteiger partial charge in [0.25, 0.3) is 0 Å². The fraction of sp³-hybridized carbons (Fsp3) is 1.00. The molecule has 0 aromatic carbocycles. The second kappa shape index (κ2) is 5.88. The van der Waals surface area contributed by atoms with Crippen LogP contribution in [0, 0.1) is 0 Å². The van der Waals surface area contributed by atoms with Crippen LogP contribution in [0.1, 0.15) is 39.0 Å². The van der Waals surface area contributed by atoms with Crippen LogP contribution in [0.15, 0.2) is 0 Å². The lowest BCUT2D eigenvalue weighted by atomic mass is 10.2. The highest BCUT2D eigenvalue weighted by Crippen LogP contribution is 2.22. The van der Waals surface area contributed by atoms with Crippen LogP contribution >= 0.6 is 0 Å². The first-order chi connectivity index (χ1) is 6.64. The van der Waals surface area contributed by atoms with Crippen molar-refractivity contribution in [2.24, 2.45) is 0 Å². The molecule has 0 aromatic rings. The van der Waals surface area contributed by atoms with E-state index in [9.17, 15) is 0 Å². The molecule has 1 fully saturated rings. The lowest BCUT2D eigenvalue weighted by molar-refractivity contribution is -0.111. The molecule has 1 aliphatic rings. The van der Waals surface area contributed by atoms with Crippen molar-refractivity contribution in [3.63, 3.8) is 0 Å². The fourth-order valence-corrected chi connectivity index (χ4v) is 4.04. The van der Waals surface area contributed by atoms with Gasteiger partial charge in [-0.3, -0.25) is 0 Å². The standard InChI is InChI=1S/C11H24O2Si/c1-4-5-10-14(2,3)13-11-8-6-7-9-12-11/h11H,4-10H2,1-3H3. The summed E-state index contributed by atoms with van der Waals surface area (Å²) in [7, 11) is -1.44. The van der Waals surface area contributed by atoms with E-state index < -0.39 is 8.32 Å². The average molecular weight is 216 g/mol. The third-order valence-corrected chi connectivity index (χ3v) is 5.18. The Bertz CT molecular complexity index is 153. The van der Waals surface area contributed by atoms with E-state index in [0.29, 0.717) is 0 Å². The molecule has 0 aromatic heterocycles. The first-order valence-electron chi connectivity index (χ1n) is 5.93. The molecule has 2 nitrogen and oxygen atoms in total. The molecule has 1 unspecified atom stereocenters. The summed E-state index contributed by atoms with van der Waals surface area (Å²) in [5, 5.41) is 0. The minimum atomic E-state index is -1.44. The fourth-order valence-electron chi connectivity index (χ4n) is 1.82. The minimum Gasteiger partial charge on any atom is -0.393 e. The molecule has 0 spiro atoms. The Hall–Kier alpha value is 0.137. The summed E-state index contributed by atoms with van der Waals surface area (Å²) in [5.74, 6) is 0. The van der Waals surface area contributed by atoms with E-state index in [1.165, 1.54) is 31.7 Å². The Morgan fingerprint density at radius 2 is 2.14 bits per heavy atom. The maximum absolute atomic E-state index is 6.10. The summed E-state index contributed by atoms with van der Waals surface area (Å²) in [6, 6.07) is 1.27. The normalized spacial score (nSPS) is 23.8. The predicted octanol–water partition coefficient (Wildman–Crippen LogP) is 3.53. The van der Waals surface area contributed by atoms with Crippen molar-refractivity contribution < 1.29 is 9.16 Å². The summed E-state index contributed by atoms with van der Waals surface area (Å²) in [6.45, 7) is 7.74. The maximum atomic E-state index is 6.10. The summed E-state index contributed by atoms with van der Waals surface area (Å²) in [5.41, 5.74) is 0. The molecule has 1 atom stereocenters. The number of rotatable bonds is 5. The van der Waals surface area contributed by atoms with E-state index >= 15 is 0 Å². The molecule has 0 bridgehead atoms. The zero-order chi connectivity index (χ0) is 10.4. The van der Waals surface area contributed by atoms with Gasteiger partial charge >= 0.3 is 0 Å². The summed E-state index contributed by atoms with van der Waals surface area (Å²) >= 11 is 0. The van der Waals surface area contributed by atoms with Crippen LogP contribution in [0.5, 0.6) is 0 Å². The van der Waals surface area contributed by atoms with Crippen molar-refractivity contribution >= 4 is 8.32 Å². The van der Waals surface area contributed by atoms with Gasteiger partial charge in [0.2, 0.25) is 0 Å². The summed E-state index contributed by atoms with van der Waals surface area (Å²) in [6.07, 6.45) is 6.25. The Balaban J connectivity index is 2.25. The quantitative estimate of drug-likeness (QED) is 0.655. The lowest BCUT2D eigenvalue weighted by Gasteiger charge is -2.31. The highest BCUT2D eigenvalue weighted by molar-refractivity contribution is 6.71. The van der Waals surface area contributed by atoms with Crippen LogP contribution in [0.2, 0.25) is 19.1 Å². The predicted molar refractivity (Wildman–Crippen MR) is 61.9 cm³/mol. The van der Waals surface area contributed by atoms with Gasteiger partial charge < -0.3 is 9.16 Å². The van der Waals surface area contributed by atoms with Gasteiger partial charge in [-0.2, -0.15) is 0 Å². The number of unbranched alkanes of at least 4 members (excludes halogenated alkanes) is 1. The number of hydrogen-bond donors (Lipinski definition) is 0. The molecule has 1 rings (SSSR count). The van der Waals surface area contributed by atoms with Crippen LogP contribution in [0.3, 0.4) is 0 Å². The largest absolute Gasteiger partial charge is 0.393 e. The van der Waals surface area contributed by atoms with Crippen LogP contribution in [-0.2, 0) is 9.16 Å². The summed E-state index contributed by atoms with van der Waals surface area (Å²) in [4.78, 5) is 0. The van der Waals surface area contributed by atoms with Crippen LogP contribution in [0.4, 0.5) is 0 Å². The smallest absolute Gasteiger partial charge is 0.190 e. The van der Waals surface area contributed by atoms with Gasteiger partial charge in [0.15, 0.2) is 8.32 Å². The topological polar surface area (TPSA) is 18.5 Å². The Morgan fingerprint density at radius 3 is 2.71 bits per heavy atom. The van der Waals surface area contributed by atoms with Crippen LogP contribution in [-0.4, -0.2) is 21.2 Å². The van der Waals surface area contributed by atoms with E-state index in [1.807, 2.05) is 0 Å². The van der Waals surface area contributed by atoms with Gasteiger partial charge in [-0.1, -0.05) is 19.8 Å². The molecule has 1 saturated heterocycles. The van der Waals surface area contributed by atoms with Gasteiger partial charge in [-0.05, 0) is 38.4 Å². The van der Waals surface area contributed by atoms with Gasteiger partial charge in [0.1, 0.15) is 6.29 Å². The van der Waals surface area contributed by atoms with Gasteiger partial charge in [0, 0.05) is 6.61 Å². The average Bonchev–Trinajstić information content (AvgIpc) is 2.16. The summed E-state index contributed by atoms with van der Waals surface area (Å²) < 4.78 is 11.7. The molecule has 14 heavy (non-hydrogen) atoms. The van der Waals surface area contributed by atoms with Crippen LogP contribution < -0.4 is 0 Å². The van der Waals surface area contributed by atoms with E-state index in [4.69, 9.17) is 9.16 Å². The first kappa shape index (κ1) is 12.2. The Labute approximate surface area is 89.1 Å². The van der Waals surface area contributed by atoms with Gasteiger partial charge in [0.05, 0.1) is 0 Å². The van der Waals surface area contributed by atoms with Gasteiger partial charge in [-0.15, -0.1) is 0 Å². The van der Waals surface area contributed by atoms with Crippen LogP contribution in [0.25, 0.3) is 0 Å². The molecule has 1 heterocycles. The lowest BCUT2D eigenvalue weighted by Crippen LogP contribution is -2.37. The molecule has 0 aliphatic carbocycles. The van der Waals surface area contributed by atoms with Crippen molar-refractivity contribution in [1.82, 2.24) is 0 Å². The second-order valence-electron chi connectivity index (χ2n) is 4.78. The molecule has 0 amide bonds. The van der Waals surface area contributed by atoms with E-state index in [-0.39, 0.29) is 6.29 Å². The molecule has 0 saturated carbocycles. The Kier molecular flexibility index (Phi) is 5.13. The highest BCUT2D eigenvalue weighted by Gasteiger charge is 2.27. The molecule has 1 aliphatic heterocycles. The van der Waals surface area contributed by atoms with Crippen molar-refractivity contribution in [3.8, 4) is 0 Å². The second-order valence-corrected chi connectivity index (χ2v) is 9.03. The molecular formula is C11H24O2Si. The molecule has 84 valence electrons. The zero-order valence-electron chi connectivity index (χ0n) is 9.84. The Morgan fingerprint density at radius 1 is 1.36 bits per heavy atom. The molecule has 0 radical (unpaired) electrons. The third-order valence-electron chi connectivity index (χ3n) is 2.72. The van der Waals surface area contributed by atoms with E-state index in [2.05, 4.69) is 20.0 Å². The molecule has 3 heteroatoms. The highest BCUT2D eigenvalue weighted by atomic mass is 28.4. The SMILES string of the molecule is CCCC[Si](C)(C)OC1CCCCO1. The third kappa shape index (κ3) is 4.58. The number of ether oxygens (including phenoxy) is 1. The maximum Gasteiger partial charge on any atom is 0.190 e. The zero-order valence-corrected chi connectivity index (χ0v) is 10.8. The monoisotopic (exact) mass is 216 g/mol. The van der Waals surface area contributed by atoms with Crippen molar-refractivity contribution in [2.75, 3.05) is 6.61 Å². The van der Waals surface area contributed by atoms with Crippen molar-refractivity contribution in [1.29, 1.82) is 0 Å². The van der Waals surface area contributed by atoms with Crippen molar-refractivity contribution in [2.45, 2.75) is 64.5 Å². The minimum absolute atomic E-state index is 0.113. The number of hydrogen-bond acceptors (Lipinski definition) is 2. The molecule has 0 N–H and O–H groups in total. The molecular weight excluding hydrogens is 192 g/mol. The van der Waals surface area contributed by atoms with Gasteiger partial charge in [-0.25, -0.2) is 0 Å². The first-order valence-corrected chi connectivity index (χ1v) is 9.05.